The molecule has 1 heterocycles. The lowest BCUT2D eigenvalue weighted by molar-refractivity contribution is -0.116. The SMILES string of the molecule is CN(C)S(=O)(=O)c1cccc(NC(=O)Cn2cnc3ccccc32)c1. The Balaban J connectivity index is 1.78. The topological polar surface area (TPSA) is 84.3 Å². The Bertz CT molecular complexity index is 1030. The van der Waals surface area contributed by atoms with Gasteiger partial charge >= 0.3 is 0 Å². The van der Waals surface area contributed by atoms with Crippen molar-refractivity contribution in [2.75, 3.05) is 19.4 Å². The highest BCUT2D eigenvalue weighted by Crippen LogP contribution is 2.18. The average molecular weight is 358 g/mol. The molecule has 8 heteroatoms. The van der Waals surface area contributed by atoms with Gasteiger partial charge in [0, 0.05) is 19.8 Å². The Hall–Kier alpha value is -2.71. The van der Waals surface area contributed by atoms with Gasteiger partial charge in [0.1, 0.15) is 6.54 Å². The molecule has 1 amide bonds. The van der Waals surface area contributed by atoms with E-state index in [1.165, 1.54) is 26.2 Å². The molecule has 0 spiro atoms. The third-order valence-electron chi connectivity index (χ3n) is 3.74. The van der Waals surface area contributed by atoms with Crippen LogP contribution in [0.15, 0.2) is 59.8 Å². The second-order valence-electron chi connectivity index (χ2n) is 5.72. The van der Waals surface area contributed by atoms with Gasteiger partial charge < -0.3 is 9.88 Å². The van der Waals surface area contributed by atoms with E-state index in [1.54, 1.807) is 23.0 Å². The minimum Gasteiger partial charge on any atom is -0.324 e. The maximum Gasteiger partial charge on any atom is 0.244 e. The van der Waals surface area contributed by atoms with E-state index in [2.05, 4.69) is 10.3 Å². The summed E-state index contributed by atoms with van der Waals surface area (Å²) >= 11 is 0. The molecule has 3 rings (SSSR count). The summed E-state index contributed by atoms with van der Waals surface area (Å²) in [5, 5.41) is 2.73. The molecule has 130 valence electrons. The zero-order valence-corrected chi connectivity index (χ0v) is 14.7. The fourth-order valence-electron chi connectivity index (χ4n) is 2.44. The van der Waals surface area contributed by atoms with Crippen LogP contribution in [0.1, 0.15) is 0 Å². The van der Waals surface area contributed by atoms with E-state index in [4.69, 9.17) is 0 Å². The molecule has 0 bridgehead atoms. The van der Waals surface area contributed by atoms with Crippen LogP contribution in [0.3, 0.4) is 0 Å². The van der Waals surface area contributed by atoms with Crippen molar-refractivity contribution in [3.63, 3.8) is 0 Å². The quantitative estimate of drug-likeness (QED) is 0.755. The summed E-state index contributed by atoms with van der Waals surface area (Å²) in [6.45, 7) is 0.0885. The summed E-state index contributed by atoms with van der Waals surface area (Å²) in [6.07, 6.45) is 1.61. The van der Waals surface area contributed by atoms with E-state index in [0.717, 1.165) is 15.3 Å². The van der Waals surface area contributed by atoms with Crippen molar-refractivity contribution in [1.29, 1.82) is 0 Å². The number of carbonyl (C=O) groups is 1. The van der Waals surface area contributed by atoms with Gasteiger partial charge in [-0.2, -0.15) is 0 Å². The molecule has 0 atom stereocenters. The van der Waals surface area contributed by atoms with Gasteiger partial charge in [0.25, 0.3) is 0 Å². The molecule has 1 aromatic heterocycles. The number of aromatic nitrogens is 2. The van der Waals surface area contributed by atoms with E-state index in [0.29, 0.717) is 5.69 Å². The number of amides is 1. The minimum absolute atomic E-state index is 0.0885. The standard InChI is InChI=1S/C17H18N4O3S/c1-20(2)25(23,24)14-7-5-6-13(10-14)19-17(22)11-21-12-18-15-8-3-4-9-16(15)21/h3-10,12H,11H2,1-2H3,(H,19,22). The summed E-state index contributed by atoms with van der Waals surface area (Å²) in [6, 6.07) is 13.7. The summed E-state index contributed by atoms with van der Waals surface area (Å²) in [5.41, 5.74) is 2.10. The molecule has 7 nitrogen and oxygen atoms in total. The van der Waals surface area contributed by atoms with Gasteiger partial charge in [-0.05, 0) is 30.3 Å². The first-order valence-electron chi connectivity index (χ1n) is 7.60. The Labute approximate surface area is 146 Å². The largest absolute Gasteiger partial charge is 0.324 e. The lowest BCUT2D eigenvalue weighted by atomic mass is 10.3. The first-order chi connectivity index (χ1) is 11.9. The van der Waals surface area contributed by atoms with E-state index >= 15 is 0 Å². The van der Waals surface area contributed by atoms with Crippen LogP contribution in [-0.4, -0.2) is 42.3 Å². The van der Waals surface area contributed by atoms with Crippen LogP contribution in [0, 0.1) is 0 Å². The second-order valence-corrected chi connectivity index (χ2v) is 7.88. The smallest absolute Gasteiger partial charge is 0.244 e. The highest BCUT2D eigenvalue weighted by molar-refractivity contribution is 7.89. The van der Waals surface area contributed by atoms with Crippen LogP contribution < -0.4 is 5.32 Å². The number of imidazole rings is 1. The predicted octanol–water partition coefficient (Wildman–Crippen LogP) is 1.93. The third-order valence-corrected chi connectivity index (χ3v) is 5.55. The van der Waals surface area contributed by atoms with Gasteiger partial charge in [-0.1, -0.05) is 18.2 Å². The summed E-state index contributed by atoms with van der Waals surface area (Å²) < 4.78 is 27.2. The van der Waals surface area contributed by atoms with Crippen LogP contribution in [0.25, 0.3) is 11.0 Å². The Kier molecular flexibility index (Phi) is 4.56. The van der Waals surface area contributed by atoms with Gasteiger partial charge in [0.05, 0.1) is 22.3 Å². The van der Waals surface area contributed by atoms with Crippen molar-refractivity contribution >= 4 is 32.7 Å². The van der Waals surface area contributed by atoms with Crippen molar-refractivity contribution < 1.29 is 13.2 Å². The molecule has 0 aliphatic rings. The first kappa shape index (κ1) is 17.1. The van der Waals surface area contributed by atoms with E-state index in [1.807, 2.05) is 24.3 Å². The van der Waals surface area contributed by atoms with Crippen LogP contribution >= 0.6 is 0 Å². The number of para-hydroxylation sites is 2. The van der Waals surface area contributed by atoms with Crippen LogP contribution in [0.2, 0.25) is 0 Å². The monoisotopic (exact) mass is 358 g/mol. The van der Waals surface area contributed by atoms with Crippen molar-refractivity contribution in [3.8, 4) is 0 Å². The highest BCUT2D eigenvalue weighted by atomic mass is 32.2. The molecule has 2 aromatic carbocycles. The molecule has 0 saturated heterocycles. The van der Waals surface area contributed by atoms with Crippen LogP contribution in [0.4, 0.5) is 5.69 Å². The van der Waals surface area contributed by atoms with E-state index in [9.17, 15) is 13.2 Å². The molecule has 0 radical (unpaired) electrons. The van der Waals surface area contributed by atoms with E-state index < -0.39 is 10.0 Å². The Morgan fingerprint density at radius 3 is 2.68 bits per heavy atom. The minimum atomic E-state index is -3.55. The normalized spacial score (nSPS) is 11.8. The number of fused-ring (bicyclic) bond motifs is 1. The zero-order valence-electron chi connectivity index (χ0n) is 13.9. The lowest BCUT2D eigenvalue weighted by Crippen LogP contribution is -2.22. The van der Waals surface area contributed by atoms with Crippen LogP contribution in [0.5, 0.6) is 0 Å². The number of benzene rings is 2. The number of rotatable bonds is 5. The maximum atomic E-state index is 12.3. The molecule has 0 fully saturated rings. The van der Waals surface area contributed by atoms with Crippen molar-refractivity contribution in [3.05, 3.63) is 54.9 Å². The molecule has 3 aromatic rings. The molecule has 0 saturated carbocycles. The van der Waals surface area contributed by atoms with Crippen molar-refractivity contribution in [2.24, 2.45) is 0 Å². The van der Waals surface area contributed by atoms with Gasteiger partial charge in [-0.3, -0.25) is 4.79 Å². The van der Waals surface area contributed by atoms with Crippen molar-refractivity contribution in [1.82, 2.24) is 13.9 Å². The molecule has 1 N–H and O–H groups in total. The van der Waals surface area contributed by atoms with Crippen molar-refractivity contribution in [2.45, 2.75) is 11.4 Å². The van der Waals surface area contributed by atoms with E-state index in [-0.39, 0.29) is 17.3 Å². The predicted molar refractivity (Wildman–Crippen MR) is 95.7 cm³/mol. The number of nitrogens with zero attached hydrogens (tertiary/aromatic N) is 3. The Morgan fingerprint density at radius 1 is 1.16 bits per heavy atom. The number of sulfonamides is 1. The number of hydrogen-bond donors (Lipinski definition) is 1. The van der Waals surface area contributed by atoms with Gasteiger partial charge in [-0.15, -0.1) is 0 Å². The molecule has 25 heavy (non-hydrogen) atoms. The summed E-state index contributed by atoms with van der Waals surface area (Å²) in [7, 11) is -0.621. The molecular formula is C17H18N4O3S. The molecular weight excluding hydrogens is 340 g/mol. The number of hydrogen-bond acceptors (Lipinski definition) is 4. The summed E-state index contributed by atoms with van der Waals surface area (Å²) in [5.74, 6) is -0.262. The zero-order chi connectivity index (χ0) is 18.0. The Morgan fingerprint density at radius 2 is 1.92 bits per heavy atom. The number of carbonyl (C=O) groups excluding carboxylic acids is 1. The second kappa shape index (κ2) is 6.66. The van der Waals surface area contributed by atoms with Crippen LogP contribution in [-0.2, 0) is 21.4 Å². The maximum absolute atomic E-state index is 12.3. The molecule has 0 unspecified atom stereocenters. The van der Waals surface area contributed by atoms with Gasteiger partial charge in [0.15, 0.2) is 0 Å². The molecule has 0 aliphatic heterocycles. The highest BCUT2D eigenvalue weighted by Gasteiger charge is 2.17. The number of nitrogens with one attached hydrogen (secondary N) is 1. The fourth-order valence-corrected chi connectivity index (χ4v) is 3.38. The van der Waals surface area contributed by atoms with Gasteiger partial charge in [-0.25, -0.2) is 17.7 Å². The first-order valence-corrected chi connectivity index (χ1v) is 9.04. The third kappa shape index (κ3) is 3.54. The fraction of sp³-hybridized carbons (Fsp3) is 0.176. The number of anilines is 1. The lowest BCUT2D eigenvalue weighted by Gasteiger charge is -2.13. The summed E-state index contributed by atoms with van der Waals surface area (Å²) in [4.78, 5) is 16.7. The average Bonchev–Trinajstić information content (AvgIpc) is 2.98. The van der Waals surface area contributed by atoms with Gasteiger partial charge in [0.2, 0.25) is 15.9 Å². The molecule has 0 aliphatic carbocycles.